The number of imidazole rings is 1. The standard InChI is InChI=1S/C16H12N4O3S/c1-9(11-7-20-16(19-11)24-8-17-20)18-15(22)14-6-12(21)10-4-2-3-5-13(10)23-14/h2-9H,1H3,(H,18,22)/t9-/m0/s1. The average molecular weight is 340 g/mol. The van der Waals surface area contributed by atoms with Gasteiger partial charge in [0, 0.05) is 6.07 Å². The largest absolute Gasteiger partial charge is 0.451 e. The number of amides is 1. The zero-order valence-electron chi connectivity index (χ0n) is 12.6. The van der Waals surface area contributed by atoms with Gasteiger partial charge in [0.15, 0.2) is 11.2 Å². The lowest BCUT2D eigenvalue weighted by atomic mass is 10.2. The maximum Gasteiger partial charge on any atom is 0.287 e. The molecule has 4 aromatic rings. The molecule has 0 fully saturated rings. The molecule has 1 N–H and O–H groups in total. The van der Waals surface area contributed by atoms with Gasteiger partial charge >= 0.3 is 0 Å². The van der Waals surface area contributed by atoms with Crippen molar-refractivity contribution in [3.8, 4) is 0 Å². The van der Waals surface area contributed by atoms with Crippen molar-refractivity contribution in [3.05, 3.63) is 63.7 Å². The molecule has 1 atom stereocenters. The number of nitrogens with one attached hydrogen (secondary N) is 1. The second kappa shape index (κ2) is 5.57. The third-order valence-electron chi connectivity index (χ3n) is 3.65. The minimum atomic E-state index is -0.463. The molecule has 3 aromatic heterocycles. The second-order valence-corrected chi connectivity index (χ2v) is 6.11. The molecule has 0 aliphatic heterocycles. The summed E-state index contributed by atoms with van der Waals surface area (Å²) >= 11 is 1.41. The summed E-state index contributed by atoms with van der Waals surface area (Å²) in [6.07, 6.45) is 1.76. The van der Waals surface area contributed by atoms with Crippen LogP contribution in [0.25, 0.3) is 15.9 Å². The van der Waals surface area contributed by atoms with Crippen LogP contribution in [0.15, 0.2) is 51.3 Å². The highest BCUT2D eigenvalue weighted by Gasteiger charge is 2.18. The van der Waals surface area contributed by atoms with Gasteiger partial charge in [-0.15, -0.1) is 0 Å². The molecule has 8 heteroatoms. The summed E-state index contributed by atoms with van der Waals surface area (Å²) in [6, 6.07) is 7.68. The molecule has 3 heterocycles. The van der Waals surface area contributed by atoms with Crippen LogP contribution >= 0.6 is 11.3 Å². The molecule has 0 saturated heterocycles. The number of nitrogens with zero attached hydrogens (tertiary/aromatic N) is 3. The van der Waals surface area contributed by atoms with Crippen LogP contribution in [-0.2, 0) is 0 Å². The van der Waals surface area contributed by atoms with Crippen LogP contribution in [0.4, 0.5) is 0 Å². The molecule has 120 valence electrons. The van der Waals surface area contributed by atoms with Gasteiger partial charge in [-0.3, -0.25) is 9.59 Å². The first-order chi connectivity index (χ1) is 11.6. The Kier molecular flexibility index (Phi) is 3.39. The third-order valence-corrected chi connectivity index (χ3v) is 4.34. The summed E-state index contributed by atoms with van der Waals surface area (Å²) in [4.78, 5) is 29.6. The average Bonchev–Trinajstić information content (AvgIpc) is 3.16. The monoisotopic (exact) mass is 340 g/mol. The molecule has 0 spiro atoms. The molecule has 0 unspecified atom stereocenters. The Morgan fingerprint density at radius 2 is 2.21 bits per heavy atom. The predicted molar refractivity (Wildman–Crippen MR) is 89.2 cm³/mol. The van der Waals surface area contributed by atoms with Gasteiger partial charge in [0.05, 0.1) is 23.3 Å². The summed E-state index contributed by atoms with van der Waals surface area (Å²) in [7, 11) is 0. The van der Waals surface area contributed by atoms with Crippen molar-refractivity contribution in [2.24, 2.45) is 0 Å². The maximum atomic E-state index is 12.4. The van der Waals surface area contributed by atoms with Gasteiger partial charge in [-0.05, 0) is 19.1 Å². The number of carbonyl (C=O) groups excluding carboxylic acids is 1. The fraction of sp³-hybridized carbons (Fsp3) is 0.125. The quantitative estimate of drug-likeness (QED) is 0.618. The Labute approximate surface area is 139 Å². The van der Waals surface area contributed by atoms with Crippen LogP contribution in [0.3, 0.4) is 0 Å². The number of hydrogen-bond donors (Lipinski definition) is 1. The molecule has 7 nitrogen and oxygen atoms in total. The van der Waals surface area contributed by atoms with Crippen LogP contribution in [0.5, 0.6) is 0 Å². The molecule has 0 aliphatic rings. The van der Waals surface area contributed by atoms with E-state index in [0.29, 0.717) is 16.7 Å². The Hall–Kier alpha value is -3.00. The fourth-order valence-electron chi connectivity index (χ4n) is 2.42. The normalized spacial score (nSPS) is 12.5. The molecular weight excluding hydrogens is 328 g/mol. The molecule has 4 rings (SSSR count). The summed E-state index contributed by atoms with van der Waals surface area (Å²) in [5, 5.41) is 7.34. The highest BCUT2D eigenvalue weighted by molar-refractivity contribution is 7.14. The van der Waals surface area contributed by atoms with Gasteiger partial charge in [0.2, 0.25) is 4.96 Å². The van der Waals surface area contributed by atoms with Crippen LogP contribution in [0.1, 0.15) is 29.2 Å². The van der Waals surface area contributed by atoms with Gasteiger partial charge in [0.25, 0.3) is 5.91 Å². The Morgan fingerprint density at radius 3 is 3.04 bits per heavy atom. The third kappa shape index (κ3) is 2.46. The van der Waals surface area contributed by atoms with E-state index in [1.54, 1.807) is 40.5 Å². The number of rotatable bonds is 3. The number of benzene rings is 1. The van der Waals surface area contributed by atoms with Gasteiger partial charge in [-0.2, -0.15) is 5.10 Å². The van der Waals surface area contributed by atoms with Gasteiger partial charge in [-0.25, -0.2) is 9.50 Å². The van der Waals surface area contributed by atoms with E-state index in [4.69, 9.17) is 4.42 Å². The van der Waals surface area contributed by atoms with Crippen molar-refractivity contribution >= 4 is 33.2 Å². The van der Waals surface area contributed by atoms with Crippen molar-refractivity contribution in [2.75, 3.05) is 0 Å². The molecule has 0 saturated carbocycles. The minimum Gasteiger partial charge on any atom is -0.451 e. The first-order valence-electron chi connectivity index (χ1n) is 7.24. The number of para-hydroxylation sites is 1. The second-order valence-electron chi connectivity index (χ2n) is 5.30. The minimum absolute atomic E-state index is 0.0234. The van der Waals surface area contributed by atoms with E-state index in [1.165, 1.54) is 17.4 Å². The Morgan fingerprint density at radius 1 is 1.38 bits per heavy atom. The van der Waals surface area contributed by atoms with E-state index in [9.17, 15) is 9.59 Å². The predicted octanol–water partition coefficient (Wildman–Crippen LogP) is 2.39. The lowest BCUT2D eigenvalue weighted by Crippen LogP contribution is -2.27. The molecule has 1 amide bonds. The maximum absolute atomic E-state index is 12.4. The van der Waals surface area contributed by atoms with Crippen molar-refractivity contribution in [3.63, 3.8) is 0 Å². The van der Waals surface area contributed by atoms with E-state index < -0.39 is 5.91 Å². The zero-order valence-corrected chi connectivity index (χ0v) is 13.4. The summed E-state index contributed by atoms with van der Waals surface area (Å²) in [6.45, 7) is 1.81. The highest BCUT2D eigenvalue weighted by Crippen LogP contribution is 2.16. The summed E-state index contributed by atoms with van der Waals surface area (Å²) < 4.78 is 7.19. The molecule has 0 bridgehead atoms. The molecular formula is C16H12N4O3S. The smallest absolute Gasteiger partial charge is 0.287 e. The fourth-order valence-corrected chi connectivity index (χ4v) is 3.03. The van der Waals surface area contributed by atoms with Crippen molar-refractivity contribution in [1.82, 2.24) is 19.9 Å². The van der Waals surface area contributed by atoms with E-state index in [1.807, 2.05) is 6.92 Å². The first kappa shape index (κ1) is 14.6. The van der Waals surface area contributed by atoms with Gasteiger partial charge in [0.1, 0.15) is 11.1 Å². The number of carbonyl (C=O) groups is 1. The molecule has 0 aliphatic carbocycles. The lowest BCUT2D eigenvalue weighted by Gasteiger charge is -2.11. The van der Waals surface area contributed by atoms with Crippen LogP contribution in [-0.4, -0.2) is 20.5 Å². The van der Waals surface area contributed by atoms with Crippen molar-refractivity contribution < 1.29 is 9.21 Å². The van der Waals surface area contributed by atoms with Crippen LogP contribution in [0.2, 0.25) is 0 Å². The van der Waals surface area contributed by atoms with E-state index >= 15 is 0 Å². The van der Waals surface area contributed by atoms with E-state index in [0.717, 1.165) is 4.96 Å². The molecule has 1 aromatic carbocycles. The number of fused-ring (bicyclic) bond motifs is 2. The van der Waals surface area contributed by atoms with E-state index in [-0.39, 0.29) is 17.2 Å². The van der Waals surface area contributed by atoms with E-state index in [2.05, 4.69) is 15.4 Å². The zero-order chi connectivity index (χ0) is 16.7. The Balaban J connectivity index is 1.61. The topological polar surface area (TPSA) is 89.5 Å². The van der Waals surface area contributed by atoms with Crippen LogP contribution in [0, 0.1) is 0 Å². The number of hydrogen-bond acceptors (Lipinski definition) is 6. The SMILES string of the molecule is C[C@H](NC(=O)c1cc(=O)c2ccccc2o1)c1cn2ncsc2n1. The summed E-state index contributed by atoms with van der Waals surface area (Å²) in [5.41, 5.74) is 2.51. The van der Waals surface area contributed by atoms with Crippen molar-refractivity contribution in [1.29, 1.82) is 0 Å². The molecule has 0 radical (unpaired) electrons. The lowest BCUT2D eigenvalue weighted by molar-refractivity contribution is 0.0911. The van der Waals surface area contributed by atoms with Gasteiger partial charge < -0.3 is 9.73 Å². The Bertz CT molecular complexity index is 1080. The highest BCUT2D eigenvalue weighted by atomic mass is 32.1. The number of aromatic nitrogens is 3. The van der Waals surface area contributed by atoms with Gasteiger partial charge in [-0.1, -0.05) is 23.5 Å². The van der Waals surface area contributed by atoms with Crippen LogP contribution < -0.4 is 10.7 Å². The summed E-state index contributed by atoms with van der Waals surface area (Å²) in [5.74, 6) is -0.487. The van der Waals surface area contributed by atoms with Crippen molar-refractivity contribution in [2.45, 2.75) is 13.0 Å². The first-order valence-corrected chi connectivity index (χ1v) is 8.12. The molecule has 24 heavy (non-hydrogen) atoms.